The average Bonchev–Trinajstić information content (AvgIpc) is 2.28. The van der Waals surface area contributed by atoms with Crippen LogP contribution >= 0.6 is 0 Å². The van der Waals surface area contributed by atoms with Crippen LogP contribution in [-0.2, 0) is 15.6 Å². The summed E-state index contributed by atoms with van der Waals surface area (Å²) in [5, 5.41) is 8.12. The molecule has 1 aromatic carbocycles. The van der Waals surface area contributed by atoms with Crippen molar-refractivity contribution in [3.63, 3.8) is 0 Å². The van der Waals surface area contributed by atoms with Crippen LogP contribution < -0.4 is 5.73 Å². The van der Waals surface area contributed by atoms with E-state index in [1.54, 1.807) is 6.07 Å². The molecule has 0 fully saturated rings. The molecule has 0 radical (unpaired) electrons. The number of carboxylic acid groups (broad SMARTS) is 1. The molecule has 17 heavy (non-hydrogen) atoms. The van der Waals surface area contributed by atoms with Crippen LogP contribution in [0.2, 0.25) is 0 Å². The van der Waals surface area contributed by atoms with Gasteiger partial charge in [-0.1, -0.05) is 12.1 Å². The Hall–Kier alpha value is -1.20. The molecule has 2 unspecified atom stereocenters. The second-order valence-corrected chi connectivity index (χ2v) is 5.57. The first-order chi connectivity index (χ1) is 7.97. The molecule has 1 aromatic rings. The monoisotopic (exact) mass is 255 g/mol. The van der Waals surface area contributed by atoms with E-state index in [1.807, 2.05) is 26.0 Å². The summed E-state index contributed by atoms with van der Waals surface area (Å²) < 4.78 is 12.2. The standard InChI is InChI=1S/C12H17NO3S/c1-8-3-4-9(2)11(7-8)17(16)10(5-6-13)12(14)15/h3-4,7,10H,5-6,13H2,1-2H3,(H,14,15). The minimum absolute atomic E-state index is 0.216. The maximum Gasteiger partial charge on any atom is 0.319 e. The summed E-state index contributed by atoms with van der Waals surface area (Å²) in [6.07, 6.45) is 0.218. The van der Waals surface area contributed by atoms with Crippen molar-refractivity contribution in [3.8, 4) is 0 Å². The zero-order valence-corrected chi connectivity index (χ0v) is 10.8. The fourth-order valence-electron chi connectivity index (χ4n) is 1.55. The van der Waals surface area contributed by atoms with Crippen molar-refractivity contribution in [2.75, 3.05) is 6.54 Å². The Balaban J connectivity index is 3.09. The molecule has 5 heteroatoms. The second kappa shape index (κ2) is 5.93. The summed E-state index contributed by atoms with van der Waals surface area (Å²) in [7, 11) is -1.55. The van der Waals surface area contributed by atoms with E-state index in [1.165, 1.54) is 0 Å². The van der Waals surface area contributed by atoms with Gasteiger partial charge in [0.25, 0.3) is 0 Å². The summed E-state index contributed by atoms with van der Waals surface area (Å²) in [5.74, 6) is -1.06. The Labute approximate surface area is 103 Å². The van der Waals surface area contributed by atoms with E-state index in [9.17, 15) is 9.00 Å². The molecule has 0 saturated carbocycles. The lowest BCUT2D eigenvalue weighted by Gasteiger charge is -2.13. The number of aryl methyl sites for hydroxylation is 2. The largest absolute Gasteiger partial charge is 0.480 e. The van der Waals surface area contributed by atoms with Crippen molar-refractivity contribution in [1.29, 1.82) is 0 Å². The molecule has 0 aliphatic carbocycles. The molecule has 3 N–H and O–H groups in total. The summed E-state index contributed by atoms with van der Waals surface area (Å²) in [4.78, 5) is 11.6. The fourth-order valence-corrected chi connectivity index (χ4v) is 3.08. The number of carbonyl (C=O) groups is 1. The molecule has 0 spiro atoms. The zero-order valence-electron chi connectivity index (χ0n) is 9.97. The highest BCUT2D eigenvalue weighted by Gasteiger charge is 2.26. The third-order valence-electron chi connectivity index (χ3n) is 2.52. The van der Waals surface area contributed by atoms with Crippen LogP contribution in [0.25, 0.3) is 0 Å². The van der Waals surface area contributed by atoms with Crippen LogP contribution in [0, 0.1) is 13.8 Å². The minimum atomic E-state index is -1.55. The molecular weight excluding hydrogens is 238 g/mol. The molecule has 4 nitrogen and oxygen atoms in total. The van der Waals surface area contributed by atoms with Gasteiger partial charge in [-0.2, -0.15) is 0 Å². The molecule has 0 saturated heterocycles. The molecule has 0 bridgehead atoms. The third-order valence-corrected chi connectivity index (χ3v) is 4.35. The van der Waals surface area contributed by atoms with Crippen molar-refractivity contribution in [3.05, 3.63) is 29.3 Å². The molecule has 0 aliphatic heterocycles. The number of benzene rings is 1. The van der Waals surface area contributed by atoms with E-state index < -0.39 is 22.0 Å². The van der Waals surface area contributed by atoms with Crippen molar-refractivity contribution in [1.82, 2.24) is 0 Å². The van der Waals surface area contributed by atoms with E-state index in [-0.39, 0.29) is 13.0 Å². The Morgan fingerprint density at radius 3 is 2.65 bits per heavy atom. The summed E-state index contributed by atoms with van der Waals surface area (Å²) >= 11 is 0. The lowest BCUT2D eigenvalue weighted by atomic mass is 10.2. The van der Waals surface area contributed by atoms with E-state index >= 15 is 0 Å². The first-order valence-electron chi connectivity index (χ1n) is 5.38. The van der Waals surface area contributed by atoms with Gasteiger partial charge in [-0.05, 0) is 44.0 Å². The average molecular weight is 255 g/mol. The highest BCUT2D eigenvalue weighted by Crippen LogP contribution is 2.19. The Kier molecular flexibility index (Phi) is 4.84. The molecule has 0 amide bonds. The van der Waals surface area contributed by atoms with Crippen LogP contribution in [0.4, 0.5) is 0 Å². The van der Waals surface area contributed by atoms with Crippen molar-refractivity contribution in [2.45, 2.75) is 30.4 Å². The zero-order chi connectivity index (χ0) is 13.0. The number of nitrogens with two attached hydrogens (primary N) is 1. The predicted molar refractivity (Wildman–Crippen MR) is 67.4 cm³/mol. The molecule has 0 aliphatic rings. The van der Waals surface area contributed by atoms with Crippen LogP contribution in [-0.4, -0.2) is 27.1 Å². The molecule has 1 rings (SSSR count). The minimum Gasteiger partial charge on any atom is -0.480 e. The second-order valence-electron chi connectivity index (χ2n) is 3.97. The molecule has 94 valence electrons. The summed E-state index contributed by atoms with van der Waals surface area (Å²) in [5.41, 5.74) is 7.17. The SMILES string of the molecule is Cc1ccc(C)c(S(=O)C(CCN)C(=O)O)c1. The normalized spacial score (nSPS) is 14.3. The van der Waals surface area contributed by atoms with Gasteiger partial charge >= 0.3 is 5.97 Å². The Bertz CT molecular complexity index is 445. The van der Waals surface area contributed by atoms with E-state index in [0.717, 1.165) is 11.1 Å². The highest BCUT2D eigenvalue weighted by molar-refractivity contribution is 7.86. The first-order valence-corrected chi connectivity index (χ1v) is 6.59. The van der Waals surface area contributed by atoms with Crippen molar-refractivity contribution in [2.24, 2.45) is 5.73 Å². The quantitative estimate of drug-likeness (QED) is 0.828. The number of hydrogen-bond acceptors (Lipinski definition) is 3. The van der Waals surface area contributed by atoms with Gasteiger partial charge in [-0.3, -0.25) is 9.00 Å². The molecule has 0 aromatic heterocycles. The van der Waals surface area contributed by atoms with Crippen LogP contribution in [0.5, 0.6) is 0 Å². The smallest absolute Gasteiger partial charge is 0.319 e. The van der Waals surface area contributed by atoms with Gasteiger partial charge in [0.05, 0.1) is 10.8 Å². The Morgan fingerprint density at radius 2 is 2.12 bits per heavy atom. The van der Waals surface area contributed by atoms with Gasteiger partial charge in [0.2, 0.25) is 0 Å². The highest BCUT2D eigenvalue weighted by atomic mass is 32.2. The number of hydrogen-bond donors (Lipinski definition) is 2. The van der Waals surface area contributed by atoms with E-state index in [4.69, 9.17) is 10.8 Å². The van der Waals surface area contributed by atoms with Crippen molar-refractivity contribution < 1.29 is 14.1 Å². The summed E-state index contributed by atoms with van der Waals surface area (Å²) in [6.45, 7) is 3.93. The van der Waals surface area contributed by atoms with Gasteiger partial charge in [0.15, 0.2) is 0 Å². The maximum atomic E-state index is 12.2. The lowest BCUT2D eigenvalue weighted by Crippen LogP contribution is -2.28. The Morgan fingerprint density at radius 1 is 1.47 bits per heavy atom. The molecular formula is C12H17NO3S. The van der Waals surface area contributed by atoms with Crippen molar-refractivity contribution >= 4 is 16.8 Å². The topological polar surface area (TPSA) is 80.4 Å². The van der Waals surface area contributed by atoms with Gasteiger partial charge in [-0.15, -0.1) is 0 Å². The van der Waals surface area contributed by atoms with Gasteiger partial charge in [0.1, 0.15) is 5.25 Å². The van der Waals surface area contributed by atoms with E-state index in [2.05, 4.69) is 0 Å². The number of aliphatic carboxylic acids is 1. The van der Waals surface area contributed by atoms with Crippen LogP contribution in [0.3, 0.4) is 0 Å². The van der Waals surface area contributed by atoms with Crippen LogP contribution in [0.15, 0.2) is 23.1 Å². The number of rotatable bonds is 5. The van der Waals surface area contributed by atoms with E-state index in [0.29, 0.717) is 4.90 Å². The third kappa shape index (κ3) is 3.38. The molecule has 2 atom stereocenters. The van der Waals surface area contributed by atoms with Gasteiger partial charge in [-0.25, -0.2) is 0 Å². The number of carboxylic acids is 1. The van der Waals surface area contributed by atoms with Crippen LogP contribution in [0.1, 0.15) is 17.5 Å². The summed E-state index contributed by atoms with van der Waals surface area (Å²) in [6, 6.07) is 5.54. The molecule has 0 heterocycles. The van der Waals surface area contributed by atoms with Gasteiger partial charge in [0, 0.05) is 4.90 Å². The maximum absolute atomic E-state index is 12.2. The lowest BCUT2D eigenvalue weighted by molar-refractivity contribution is -0.136. The van der Waals surface area contributed by atoms with Gasteiger partial charge < -0.3 is 10.8 Å². The fraction of sp³-hybridized carbons (Fsp3) is 0.417. The predicted octanol–water partition coefficient (Wildman–Crippen LogP) is 1.21. The first kappa shape index (κ1) is 13.9.